The van der Waals surface area contributed by atoms with Gasteiger partial charge < -0.3 is 5.32 Å². The second-order valence-electron chi connectivity index (χ2n) is 5.31. The molecule has 1 aromatic heterocycles. The number of carbonyl (C=O) groups is 1. The zero-order chi connectivity index (χ0) is 17.0. The zero-order valence-corrected chi connectivity index (χ0v) is 13.8. The number of hydrogen-bond acceptors (Lipinski definition) is 5. The third kappa shape index (κ3) is 4.54. The number of halogens is 1. The van der Waals surface area contributed by atoms with Crippen molar-refractivity contribution in [3.8, 4) is 0 Å². The first-order chi connectivity index (χ1) is 10.9. The van der Waals surface area contributed by atoms with E-state index in [1.807, 2.05) is 26.3 Å². The average Bonchev–Trinajstić information content (AvgIpc) is 2.50. The van der Waals surface area contributed by atoms with E-state index >= 15 is 0 Å². The second kappa shape index (κ2) is 7.26. The number of rotatable bonds is 4. The lowest BCUT2D eigenvalue weighted by Gasteiger charge is -2.11. The molecule has 1 heterocycles. The molecule has 23 heavy (non-hydrogen) atoms. The number of amides is 2. The Balaban J connectivity index is 2.13. The van der Waals surface area contributed by atoms with E-state index in [0.717, 1.165) is 5.56 Å². The molecule has 0 spiro atoms. The fourth-order valence-corrected chi connectivity index (χ4v) is 1.98. The molecule has 0 saturated carbocycles. The van der Waals surface area contributed by atoms with Crippen molar-refractivity contribution in [1.82, 2.24) is 9.97 Å². The van der Waals surface area contributed by atoms with Gasteiger partial charge in [0.15, 0.2) is 5.82 Å². The Hall–Kier alpha value is -2.38. The number of nitrogens with zero attached hydrogens (tertiary/aromatic N) is 2. The minimum Gasteiger partial charge on any atom is -0.308 e. The van der Waals surface area contributed by atoms with Gasteiger partial charge in [-0.05, 0) is 36.6 Å². The van der Waals surface area contributed by atoms with Crippen LogP contribution in [0.5, 0.6) is 0 Å². The Morgan fingerprint density at radius 3 is 2.57 bits per heavy atom. The molecule has 2 rings (SSSR count). The van der Waals surface area contributed by atoms with Crippen molar-refractivity contribution in [3.63, 3.8) is 0 Å². The number of urea groups is 1. The van der Waals surface area contributed by atoms with Gasteiger partial charge in [-0.3, -0.25) is 16.0 Å². The molecule has 0 unspecified atom stereocenters. The van der Waals surface area contributed by atoms with E-state index in [-0.39, 0.29) is 17.7 Å². The predicted molar refractivity (Wildman–Crippen MR) is 90.4 cm³/mol. The van der Waals surface area contributed by atoms with Gasteiger partial charge >= 0.3 is 6.03 Å². The molecule has 0 radical (unpaired) electrons. The van der Waals surface area contributed by atoms with Crippen LogP contribution in [0.4, 0.5) is 22.2 Å². The number of benzene rings is 1. The van der Waals surface area contributed by atoms with Crippen molar-refractivity contribution < 1.29 is 10.0 Å². The molecule has 0 aliphatic carbocycles. The molecular formula is C15H18ClN5O2. The molecule has 0 saturated heterocycles. The Kier molecular flexibility index (Phi) is 5.36. The van der Waals surface area contributed by atoms with Crippen molar-refractivity contribution in [2.45, 2.75) is 26.7 Å². The SMILES string of the molecule is Cc1cc(NC(=O)Nc2nc(NO)cc(C(C)C)n2)ccc1Cl. The van der Waals surface area contributed by atoms with Gasteiger partial charge in [-0.1, -0.05) is 25.4 Å². The maximum atomic E-state index is 12.0. The summed E-state index contributed by atoms with van der Waals surface area (Å²) in [5.74, 6) is 0.421. The first-order valence-electron chi connectivity index (χ1n) is 7.02. The van der Waals surface area contributed by atoms with Gasteiger partial charge in [-0.2, -0.15) is 4.98 Å². The number of aromatic nitrogens is 2. The molecule has 0 bridgehead atoms. The first kappa shape index (κ1) is 17.0. The van der Waals surface area contributed by atoms with Crippen LogP contribution in [0.2, 0.25) is 5.02 Å². The molecule has 7 nitrogen and oxygen atoms in total. The summed E-state index contributed by atoms with van der Waals surface area (Å²) in [5.41, 5.74) is 4.11. The van der Waals surface area contributed by atoms with E-state index in [0.29, 0.717) is 16.4 Å². The maximum absolute atomic E-state index is 12.0. The van der Waals surface area contributed by atoms with Gasteiger partial charge in [0, 0.05) is 16.8 Å². The largest absolute Gasteiger partial charge is 0.326 e. The highest BCUT2D eigenvalue weighted by atomic mass is 35.5. The third-order valence-corrected chi connectivity index (χ3v) is 3.52. The zero-order valence-electron chi connectivity index (χ0n) is 13.0. The Bertz CT molecular complexity index is 721. The molecule has 0 aliphatic heterocycles. The monoisotopic (exact) mass is 335 g/mol. The molecule has 4 N–H and O–H groups in total. The van der Waals surface area contributed by atoms with E-state index in [2.05, 4.69) is 20.6 Å². The van der Waals surface area contributed by atoms with E-state index in [9.17, 15) is 4.79 Å². The number of anilines is 3. The predicted octanol–water partition coefficient (Wildman–Crippen LogP) is 4.01. The molecule has 8 heteroatoms. The van der Waals surface area contributed by atoms with Crippen LogP contribution in [0.25, 0.3) is 0 Å². The van der Waals surface area contributed by atoms with E-state index in [1.54, 1.807) is 24.3 Å². The smallest absolute Gasteiger partial charge is 0.308 e. The summed E-state index contributed by atoms with van der Waals surface area (Å²) in [4.78, 5) is 20.3. The summed E-state index contributed by atoms with van der Waals surface area (Å²) in [6.45, 7) is 5.74. The van der Waals surface area contributed by atoms with Crippen molar-refractivity contribution in [2.75, 3.05) is 16.1 Å². The highest BCUT2D eigenvalue weighted by Crippen LogP contribution is 2.20. The van der Waals surface area contributed by atoms with Crippen molar-refractivity contribution in [2.24, 2.45) is 0 Å². The fraction of sp³-hybridized carbons (Fsp3) is 0.267. The lowest BCUT2D eigenvalue weighted by Crippen LogP contribution is -2.21. The highest BCUT2D eigenvalue weighted by Gasteiger charge is 2.10. The fourth-order valence-electron chi connectivity index (χ4n) is 1.86. The Morgan fingerprint density at radius 1 is 1.22 bits per heavy atom. The number of nitrogens with one attached hydrogen (secondary N) is 3. The van der Waals surface area contributed by atoms with Gasteiger partial charge in [-0.15, -0.1) is 0 Å². The van der Waals surface area contributed by atoms with Gasteiger partial charge in [0.1, 0.15) is 0 Å². The van der Waals surface area contributed by atoms with Crippen LogP contribution < -0.4 is 16.1 Å². The lowest BCUT2D eigenvalue weighted by molar-refractivity contribution is 0.262. The van der Waals surface area contributed by atoms with Crippen LogP contribution in [-0.2, 0) is 0 Å². The van der Waals surface area contributed by atoms with Crippen molar-refractivity contribution in [3.05, 3.63) is 40.5 Å². The number of carbonyl (C=O) groups excluding carboxylic acids is 1. The summed E-state index contributed by atoms with van der Waals surface area (Å²) in [5, 5.41) is 14.9. The Morgan fingerprint density at radius 2 is 1.96 bits per heavy atom. The molecule has 1 aromatic carbocycles. The van der Waals surface area contributed by atoms with Gasteiger partial charge in [0.25, 0.3) is 0 Å². The minimum absolute atomic E-state index is 0.0935. The topological polar surface area (TPSA) is 99.2 Å². The Labute approximate surface area is 139 Å². The van der Waals surface area contributed by atoms with Crippen LogP contribution in [0.15, 0.2) is 24.3 Å². The summed E-state index contributed by atoms with van der Waals surface area (Å²) in [7, 11) is 0. The highest BCUT2D eigenvalue weighted by molar-refractivity contribution is 6.31. The first-order valence-corrected chi connectivity index (χ1v) is 7.40. The summed E-state index contributed by atoms with van der Waals surface area (Å²) < 4.78 is 0. The average molecular weight is 336 g/mol. The normalized spacial score (nSPS) is 10.5. The van der Waals surface area contributed by atoms with Crippen LogP contribution in [0.3, 0.4) is 0 Å². The van der Waals surface area contributed by atoms with Gasteiger partial charge in [0.05, 0.1) is 5.69 Å². The number of hydrogen-bond donors (Lipinski definition) is 4. The van der Waals surface area contributed by atoms with E-state index in [1.165, 1.54) is 0 Å². The molecule has 0 aliphatic rings. The lowest BCUT2D eigenvalue weighted by atomic mass is 10.1. The standard InChI is InChI=1S/C15H18ClN5O2/c1-8(2)12-7-13(21-23)19-14(18-12)20-15(22)17-10-4-5-11(16)9(3)6-10/h4-8,23H,1-3H3,(H3,17,18,19,20,21,22). The molecule has 2 aromatic rings. The third-order valence-electron chi connectivity index (χ3n) is 3.09. The van der Waals surface area contributed by atoms with Crippen LogP contribution in [0, 0.1) is 6.92 Å². The van der Waals surface area contributed by atoms with Crippen molar-refractivity contribution >= 4 is 35.1 Å². The quantitative estimate of drug-likeness (QED) is 0.633. The van der Waals surface area contributed by atoms with Gasteiger partial charge in [0.2, 0.25) is 5.95 Å². The number of aryl methyl sites for hydroxylation is 1. The van der Waals surface area contributed by atoms with Crippen LogP contribution in [0.1, 0.15) is 31.0 Å². The molecule has 2 amide bonds. The van der Waals surface area contributed by atoms with Crippen molar-refractivity contribution in [1.29, 1.82) is 0 Å². The summed E-state index contributed by atoms with van der Waals surface area (Å²) in [6, 6.07) is 6.28. The molecular weight excluding hydrogens is 318 g/mol. The van der Waals surface area contributed by atoms with Crippen LogP contribution >= 0.6 is 11.6 Å². The molecule has 0 atom stereocenters. The minimum atomic E-state index is -0.489. The van der Waals surface area contributed by atoms with Gasteiger partial charge in [-0.25, -0.2) is 9.78 Å². The molecule has 0 fully saturated rings. The summed E-state index contributed by atoms with van der Waals surface area (Å²) >= 11 is 5.95. The molecule has 122 valence electrons. The summed E-state index contributed by atoms with van der Waals surface area (Å²) in [6.07, 6.45) is 0. The van der Waals surface area contributed by atoms with E-state index < -0.39 is 6.03 Å². The van der Waals surface area contributed by atoms with Crippen LogP contribution in [-0.4, -0.2) is 21.2 Å². The van der Waals surface area contributed by atoms with E-state index in [4.69, 9.17) is 16.8 Å². The second-order valence-corrected chi connectivity index (χ2v) is 5.72. The maximum Gasteiger partial charge on any atom is 0.326 e.